The largest absolute Gasteiger partial charge is 0.724 e. The second-order valence-corrected chi connectivity index (χ2v) is 3.90. The van der Waals surface area contributed by atoms with Gasteiger partial charge in [0.25, 0.3) is 0 Å². The molecule has 0 saturated carbocycles. The first-order valence-corrected chi connectivity index (χ1v) is 5.92. The van der Waals surface area contributed by atoms with Gasteiger partial charge in [0.1, 0.15) is 6.61 Å². The summed E-state index contributed by atoms with van der Waals surface area (Å²) in [5.41, 5.74) is 0. The van der Waals surface area contributed by atoms with Crippen LogP contribution in [0.4, 0.5) is 0 Å². The molecule has 0 fully saturated rings. The van der Waals surface area contributed by atoms with Crippen molar-refractivity contribution in [2.24, 2.45) is 0 Å². The molecule has 4 nitrogen and oxygen atoms in total. The maximum absolute atomic E-state index is 10.5. The number of esters is 1. The van der Waals surface area contributed by atoms with E-state index in [-0.39, 0.29) is 38.7 Å². The minimum absolute atomic E-state index is 0. The van der Waals surface area contributed by atoms with Gasteiger partial charge in [0, 0.05) is 44.9 Å². The minimum Gasteiger partial charge on any atom is -0.724 e. The van der Waals surface area contributed by atoms with E-state index in [4.69, 9.17) is 14.9 Å². The number of nitrogens with zero attached hydrogens (tertiary/aromatic N) is 1. The van der Waals surface area contributed by atoms with Crippen LogP contribution in [0.5, 0.6) is 0 Å². The maximum atomic E-state index is 10.5. The van der Waals surface area contributed by atoms with Crippen LogP contribution in [0.15, 0.2) is 0 Å². The smallest absolute Gasteiger partial charge is 0.305 e. The van der Waals surface area contributed by atoms with Crippen LogP contribution in [0.3, 0.4) is 0 Å². The van der Waals surface area contributed by atoms with E-state index in [2.05, 4.69) is 6.26 Å². The minimum atomic E-state index is -0.130. The van der Waals surface area contributed by atoms with Crippen molar-refractivity contribution in [3.63, 3.8) is 0 Å². The molecule has 0 aliphatic heterocycles. The Bertz CT molecular complexity index is 163. The average Bonchev–Trinajstić information content (AvgIpc) is 2.13. The molecule has 0 aromatic rings. The maximum Gasteiger partial charge on any atom is 0.305 e. The first-order valence-electron chi connectivity index (χ1n) is 3.43. The molecule has 0 N–H and O–H groups in total. The van der Waals surface area contributed by atoms with Crippen LogP contribution in [0.25, 0.3) is 5.41 Å². The number of carbonyl (C=O) groups is 1. The Morgan fingerprint density at radius 3 is 2.50 bits per heavy atom. The van der Waals surface area contributed by atoms with E-state index >= 15 is 0 Å². The number of ether oxygens (including phenoxy) is 1. The zero-order valence-electron chi connectivity index (χ0n) is 7.89. The van der Waals surface area contributed by atoms with E-state index in [1.165, 1.54) is 10.8 Å². The third-order valence-corrected chi connectivity index (χ3v) is 2.30. The standard InChI is InChI=1S/C6H11O2S2.CNO.Y/c1-3-6(7)8-4-5-10-9-2;2-1-3;/h2-5H2,1H3;;/q2*-1;. The van der Waals surface area contributed by atoms with Gasteiger partial charge in [-0.15, -0.1) is 10.8 Å². The average molecular weight is 310 g/mol. The molecule has 0 amide bonds. The van der Waals surface area contributed by atoms with Crippen LogP contribution in [0, 0.1) is 6.26 Å². The van der Waals surface area contributed by atoms with Gasteiger partial charge in [0.05, 0.1) is 0 Å². The summed E-state index contributed by atoms with van der Waals surface area (Å²) in [6, 6.07) is 0. The quantitative estimate of drug-likeness (QED) is 0.194. The Kier molecular flexibility index (Phi) is 27.7. The van der Waals surface area contributed by atoms with Crippen molar-refractivity contribution >= 4 is 33.6 Å². The molecule has 14 heavy (non-hydrogen) atoms. The van der Waals surface area contributed by atoms with Crippen molar-refractivity contribution in [1.29, 1.82) is 0 Å². The van der Waals surface area contributed by atoms with Gasteiger partial charge in [-0.2, -0.15) is 0 Å². The molecule has 0 rings (SSSR count). The summed E-state index contributed by atoms with van der Waals surface area (Å²) in [7, 11) is 3.03. The topological polar surface area (TPSA) is 65.7 Å². The van der Waals surface area contributed by atoms with E-state index in [0.717, 1.165) is 5.75 Å². The first-order chi connectivity index (χ1) is 6.22. The molecular weight excluding hydrogens is 299 g/mol. The molecule has 0 aromatic heterocycles. The van der Waals surface area contributed by atoms with Crippen LogP contribution in [0.1, 0.15) is 13.3 Å². The number of carbonyl (C=O) groups excluding carboxylic acids is 2. The van der Waals surface area contributed by atoms with Gasteiger partial charge in [0.2, 0.25) is 0 Å². The van der Waals surface area contributed by atoms with Gasteiger partial charge >= 0.3 is 5.97 Å². The van der Waals surface area contributed by atoms with E-state index in [0.29, 0.717) is 19.1 Å². The van der Waals surface area contributed by atoms with Crippen molar-refractivity contribution in [3.8, 4) is 0 Å². The fourth-order valence-corrected chi connectivity index (χ4v) is 1.18. The Morgan fingerprint density at radius 2 is 2.14 bits per heavy atom. The fourth-order valence-electron chi connectivity index (χ4n) is 0.351. The van der Waals surface area contributed by atoms with Crippen molar-refractivity contribution in [2.75, 3.05) is 12.4 Å². The summed E-state index contributed by atoms with van der Waals surface area (Å²) >= 11 is 0. The molecule has 0 saturated heterocycles. The molecule has 0 aliphatic rings. The Labute approximate surface area is 117 Å². The molecular formula is C7H11NO3S2Y-2. The van der Waals surface area contributed by atoms with Crippen LogP contribution < -0.4 is 0 Å². The SMILES string of the molecule is [CH2-]SSCCOC(=O)CC.[N-]=C=O.[Y]. The molecule has 1 radical (unpaired) electrons. The predicted octanol–water partition coefficient (Wildman–Crippen LogP) is 2.00. The van der Waals surface area contributed by atoms with Gasteiger partial charge in [0.15, 0.2) is 0 Å². The van der Waals surface area contributed by atoms with Gasteiger partial charge < -0.3 is 10.1 Å². The Morgan fingerprint density at radius 1 is 1.64 bits per heavy atom. The predicted molar refractivity (Wildman–Crippen MR) is 55.7 cm³/mol. The number of isocyanates is 1. The molecule has 0 aromatic carbocycles. The van der Waals surface area contributed by atoms with Gasteiger partial charge in [-0.1, -0.05) is 6.92 Å². The fraction of sp³-hybridized carbons (Fsp3) is 0.571. The van der Waals surface area contributed by atoms with E-state index in [1.54, 1.807) is 17.7 Å². The monoisotopic (exact) mass is 310 g/mol. The third-order valence-electron chi connectivity index (χ3n) is 0.802. The van der Waals surface area contributed by atoms with Crippen molar-refractivity contribution in [2.45, 2.75) is 13.3 Å². The number of hydrogen-bond acceptors (Lipinski definition) is 5. The van der Waals surface area contributed by atoms with E-state index < -0.39 is 0 Å². The van der Waals surface area contributed by atoms with Crippen molar-refractivity contribution in [1.82, 2.24) is 0 Å². The van der Waals surface area contributed by atoms with Crippen molar-refractivity contribution in [3.05, 3.63) is 11.7 Å². The zero-order chi connectivity index (χ0) is 10.5. The van der Waals surface area contributed by atoms with Gasteiger partial charge in [-0.3, -0.25) is 26.6 Å². The Balaban J connectivity index is -0.000000267. The third kappa shape index (κ3) is 22.9. The van der Waals surface area contributed by atoms with Crippen molar-refractivity contribution < 1.29 is 47.0 Å². The molecule has 0 atom stereocenters. The zero-order valence-corrected chi connectivity index (χ0v) is 12.4. The molecule has 7 heteroatoms. The molecule has 0 unspecified atom stereocenters. The van der Waals surface area contributed by atoms with Gasteiger partial charge in [-0.25, -0.2) is 0 Å². The van der Waals surface area contributed by atoms with E-state index in [1.807, 2.05) is 0 Å². The second-order valence-electron chi connectivity index (χ2n) is 1.61. The van der Waals surface area contributed by atoms with E-state index in [9.17, 15) is 4.79 Å². The summed E-state index contributed by atoms with van der Waals surface area (Å²) in [6.45, 7) is 2.28. The van der Waals surface area contributed by atoms with Crippen LogP contribution in [-0.4, -0.2) is 24.4 Å². The molecule has 0 bridgehead atoms. The van der Waals surface area contributed by atoms with Crippen LogP contribution in [0.2, 0.25) is 0 Å². The number of rotatable bonds is 5. The van der Waals surface area contributed by atoms with Gasteiger partial charge in [-0.05, 0) is 6.08 Å². The molecule has 0 heterocycles. The first kappa shape index (κ1) is 20.1. The summed E-state index contributed by atoms with van der Waals surface area (Å²) in [4.78, 5) is 18.8. The summed E-state index contributed by atoms with van der Waals surface area (Å²) in [6.07, 6.45) is 4.52. The van der Waals surface area contributed by atoms with Crippen LogP contribution >= 0.6 is 21.6 Å². The number of hydrogen-bond donors (Lipinski definition) is 0. The summed E-state index contributed by atoms with van der Waals surface area (Å²) in [5, 5.41) is 6.76. The van der Waals surface area contributed by atoms with Crippen LogP contribution in [-0.2, 0) is 47.0 Å². The summed E-state index contributed by atoms with van der Waals surface area (Å²) in [5.74, 6) is 0.689. The molecule has 0 spiro atoms. The Hall–Kier alpha value is 0.654. The summed E-state index contributed by atoms with van der Waals surface area (Å²) < 4.78 is 4.79. The molecule has 79 valence electrons. The second kappa shape index (κ2) is 19.3. The normalized spacial score (nSPS) is 7.29. The molecule has 0 aliphatic carbocycles.